The van der Waals surface area contributed by atoms with Gasteiger partial charge in [-0.05, 0) is 29.7 Å². The maximum Gasteiger partial charge on any atom is 0.257 e. The molecule has 0 saturated carbocycles. The van der Waals surface area contributed by atoms with Crippen molar-refractivity contribution in [2.24, 2.45) is 5.10 Å². The number of hydrogen-bond donors (Lipinski definition) is 0. The Kier molecular flexibility index (Phi) is 6.91. The van der Waals surface area contributed by atoms with Gasteiger partial charge in [0.2, 0.25) is 0 Å². The number of ether oxygens (including phenoxy) is 1. The van der Waals surface area contributed by atoms with Gasteiger partial charge in [0, 0.05) is 38.6 Å². The molecule has 2 saturated heterocycles. The second kappa shape index (κ2) is 10.1. The average Bonchev–Trinajstić information content (AvgIpc) is 3.49. The van der Waals surface area contributed by atoms with Gasteiger partial charge >= 0.3 is 0 Å². The maximum atomic E-state index is 13.5. The van der Waals surface area contributed by atoms with Crippen LogP contribution in [0.5, 0.6) is 5.75 Å². The standard InChI is InChI=1S/C26H32N4O4S/c1-34-23-9-7-21(8-10-23)25-17-24(20-5-3-2-4-6-20)27-30(25)26(31)18-28-12-14-29(15-13-28)22-11-16-35(32,33)19-22/h2-10,22,25H,11-19H2,1H3/t22-,25-/m0/s1. The van der Waals surface area contributed by atoms with E-state index in [2.05, 4.69) is 9.80 Å². The van der Waals surface area contributed by atoms with Gasteiger partial charge in [0.15, 0.2) is 9.84 Å². The van der Waals surface area contributed by atoms with Crippen molar-refractivity contribution >= 4 is 21.5 Å². The molecule has 9 heteroatoms. The van der Waals surface area contributed by atoms with Crippen LogP contribution in [0.4, 0.5) is 0 Å². The predicted octanol–water partition coefficient (Wildman–Crippen LogP) is 2.18. The molecule has 0 aromatic heterocycles. The molecule has 0 N–H and O–H groups in total. The Morgan fingerprint density at radius 2 is 1.74 bits per heavy atom. The van der Waals surface area contributed by atoms with Gasteiger partial charge in [-0.1, -0.05) is 42.5 Å². The summed E-state index contributed by atoms with van der Waals surface area (Å²) in [7, 11) is -1.25. The second-order valence-corrected chi connectivity index (χ2v) is 11.7. The number of carbonyl (C=O) groups excluding carboxylic acids is 1. The van der Waals surface area contributed by atoms with Crippen LogP contribution >= 0.6 is 0 Å². The summed E-state index contributed by atoms with van der Waals surface area (Å²) in [6, 6.07) is 17.8. The van der Waals surface area contributed by atoms with E-state index in [0.717, 1.165) is 55.2 Å². The molecule has 8 nitrogen and oxygen atoms in total. The first-order valence-electron chi connectivity index (χ1n) is 12.2. The molecule has 3 heterocycles. The van der Waals surface area contributed by atoms with Crippen molar-refractivity contribution in [3.05, 3.63) is 65.7 Å². The molecular formula is C26H32N4O4S. The van der Waals surface area contributed by atoms with Gasteiger partial charge in [-0.15, -0.1) is 0 Å². The molecule has 0 radical (unpaired) electrons. The molecule has 1 amide bonds. The predicted molar refractivity (Wildman–Crippen MR) is 135 cm³/mol. The first kappa shape index (κ1) is 24.0. The fraction of sp³-hybridized carbons (Fsp3) is 0.462. The highest BCUT2D eigenvalue weighted by Gasteiger charge is 2.36. The second-order valence-electron chi connectivity index (χ2n) is 9.51. The lowest BCUT2D eigenvalue weighted by molar-refractivity contribution is -0.134. The molecule has 0 spiro atoms. The molecule has 0 unspecified atom stereocenters. The fourth-order valence-electron chi connectivity index (χ4n) is 5.24. The number of benzene rings is 2. The number of sulfone groups is 1. The van der Waals surface area contributed by atoms with Crippen molar-refractivity contribution in [1.82, 2.24) is 14.8 Å². The van der Waals surface area contributed by atoms with Crippen LogP contribution in [0.2, 0.25) is 0 Å². The normalized spacial score (nSPS) is 24.9. The summed E-state index contributed by atoms with van der Waals surface area (Å²) in [4.78, 5) is 17.9. The van der Waals surface area contributed by atoms with Crippen LogP contribution < -0.4 is 4.74 Å². The summed E-state index contributed by atoms with van der Waals surface area (Å²) in [6.45, 7) is 3.37. The van der Waals surface area contributed by atoms with E-state index in [9.17, 15) is 13.2 Å². The lowest BCUT2D eigenvalue weighted by atomic mass is 9.98. The molecule has 2 fully saturated rings. The Morgan fingerprint density at radius 1 is 1.03 bits per heavy atom. The van der Waals surface area contributed by atoms with Crippen molar-refractivity contribution < 1.29 is 17.9 Å². The van der Waals surface area contributed by atoms with Crippen LogP contribution in [-0.2, 0) is 14.6 Å². The molecule has 186 valence electrons. The molecule has 0 aliphatic carbocycles. The smallest absolute Gasteiger partial charge is 0.257 e. The molecular weight excluding hydrogens is 464 g/mol. The van der Waals surface area contributed by atoms with Crippen LogP contribution in [0.25, 0.3) is 0 Å². The van der Waals surface area contributed by atoms with Gasteiger partial charge < -0.3 is 4.74 Å². The zero-order valence-corrected chi connectivity index (χ0v) is 20.9. The Hall–Kier alpha value is -2.75. The van der Waals surface area contributed by atoms with Gasteiger partial charge in [0.05, 0.1) is 36.9 Å². The Balaban J connectivity index is 1.27. The van der Waals surface area contributed by atoms with E-state index in [-0.39, 0.29) is 23.7 Å². The van der Waals surface area contributed by atoms with Crippen molar-refractivity contribution in [2.75, 3.05) is 51.3 Å². The van der Waals surface area contributed by atoms with E-state index < -0.39 is 9.84 Å². The number of hydrazone groups is 1. The SMILES string of the molecule is COc1ccc([C@@H]2CC(c3ccccc3)=NN2C(=O)CN2CCN([C@H]3CCS(=O)(=O)C3)CC2)cc1. The number of rotatable bonds is 6. The average molecular weight is 497 g/mol. The summed E-state index contributed by atoms with van der Waals surface area (Å²) in [5.74, 6) is 1.32. The topological polar surface area (TPSA) is 82.5 Å². The fourth-order valence-corrected chi connectivity index (χ4v) is 7.01. The number of piperazine rings is 1. The largest absolute Gasteiger partial charge is 0.497 e. The number of amides is 1. The third kappa shape index (κ3) is 5.42. The highest BCUT2D eigenvalue weighted by Crippen LogP contribution is 2.33. The molecule has 35 heavy (non-hydrogen) atoms. The summed E-state index contributed by atoms with van der Waals surface area (Å²) < 4.78 is 29.0. The van der Waals surface area contributed by atoms with Gasteiger partial charge in [-0.2, -0.15) is 5.10 Å². The first-order chi connectivity index (χ1) is 16.9. The molecule has 2 atom stereocenters. The minimum Gasteiger partial charge on any atom is -0.497 e. The monoisotopic (exact) mass is 496 g/mol. The van der Waals surface area contributed by atoms with E-state index in [1.807, 2.05) is 54.6 Å². The zero-order chi connectivity index (χ0) is 24.4. The van der Waals surface area contributed by atoms with Crippen LogP contribution in [0.1, 0.15) is 30.0 Å². The zero-order valence-electron chi connectivity index (χ0n) is 20.0. The molecule has 0 bridgehead atoms. The van der Waals surface area contributed by atoms with Gasteiger partial charge in [0.1, 0.15) is 5.75 Å². The lowest BCUT2D eigenvalue weighted by Gasteiger charge is -2.37. The van der Waals surface area contributed by atoms with Crippen molar-refractivity contribution in [3.8, 4) is 5.75 Å². The van der Waals surface area contributed by atoms with E-state index >= 15 is 0 Å². The molecule has 5 rings (SSSR count). The minimum absolute atomic E-state index is 0.0198. The first-order valence-corrected chi connectivity index (χ1v) is 14.0. The summed E-state index contributed by atoms with van der Waals surface area (Å²) in [5, 5.41) is 6.44. The van der Waals surface area contributed by atoms with E-state index in [1.165, 1.54) is 0 Å². The number of methoxy groups -OCH3 is 1. The van der Waals surface area contributed by atoms with Crippen LogP contribution in [-0.4, -0.2) is 92.2 Å². The summed E-state index contributed by atoms with van der Waals surface area (Å²) in [6.07, 6.45) is 1.38. The van der Waals surface area contributed by atoms with Crippen LogP contribution in [0.3, 0.4) is 0 Å². The number of carbonyl (C=O) groups is 1. The number of nitrogens with zero attached hydrogens (tertiary/aromatic N) is 4. The third-order valence-corrected chi connectivity index (χ3v) is 9.01. The molecule has 3 aliphatic rings. The van der Waals surface area contributed by atoms with Crippen molar-refractivity contribution in [2.45, 2.75) is 24.9 Å². The molecule has 2 aromatic rings. The third-order valence-electron chi connectivity index (χ3n) is 7.26. The molecule has 2 aromatic carbocycles. The van der Waals surface area contributed by atoms with Gasteiger partial charge in [-0.3, -0.25) is 14.6 Å². The Labute approximate surface area is 207 Å². The van der Waals surface area contributed by atoms with Crippen LogP contribution in [0.15, 0.2) is 59.7 Å². The van der Waals surface area contributed by atoms with Crippen molar-refractivity contribution in [1.29, 1.82) is 0 Å². The summed E-state index contributed by atoms with van der Waals surface area (Å²) >= 11 is 0. The minimum atomic E-state index is -2.89. The highest BCUT2D eigenvalue weighted by atomic mass is 32.2. The van der Waals surface area contributed by atoms with Crippen molar-refractivity contribution in [3.63, 3.8) is 0 Å². The van der Waals surface area contributed by atoms with Gasteiger partial charge in [-0.25, -0.2) is 13.4 Å². The van der Waals surface area contributed by atoms with E-state index in [1.54, 1.807) is 12.1 Å². The number of hydrogen-bond acceptors (Lipinski definition) is 7. The maximum absolute atomic E-state index is 13.5. The van der Waals surface area contributed by atoms with Gasteiger partial charge in [0.25, 0.3) is 5.91 Å². The van der Waals surface area contributed by atoms with E-state index in [0.29, 0.717) is 18.7 Å². The summed E-state index contributed by atoms with van der Waals surface area (Å²) in [5.41, 5.74) is 2.97. The Bertz CT molecular complexity index is 1180. The van der Waals surface area contributed by atoms with E-state index in [4.69, 9.17) is 9.84 Å². The molecule has 3 aliphatic heterocycles. The Morgan fingerprint density at radius 3 is 2.37 bits per heavy atom. The van der Waals surface area contributed by atoms with Crippen LogP contribution in [0, 0.1) is 0 Å². The lowest BCUT2D eigenvalue weighted by Crippen LogP contribution is -2.52. The quantitative estimate of drug-likeness (QED) is 0.610. The highest BCUT2D eigenvalue weighted by molar-refractivity contribution is 7.91.